The van der Waals surface area contributed by atoms with Crippen molar-refractivity contribution in [2.24, 2.45) is 5.10 Å². The van der Waals surface area contributed by atoms with Gasteiger partial charge in [-0.05, 0) is 60.2 Å². The van der Waals surface area contributed by atoms with Crippen molar-refractivity contribution in [2.75, 3.05) is 0 Å². The van der Waals surface area contributed by atoms with E-state index < -0.39 is 17.3 Å². The van der Waals surface area contributed by atoms with Crippen LogP contribution >= 0.6 is 31.9 Å². The Kier molecular flexibility index (Phi) is 7.67. The summed E-state index contributed by atoms with van der Waals surface area (Å²) in [7, 11) is 0. The Hall–Kier alpha value is -3.76. The summed E-state index contributed by atoms with van der Waals surface area (Å²) in [6.07, 6.45) is -3.13. The summed E-state index contributed by atoms with van der Waals surface area (Å²) in [6.45, 7) is 0.294. The fraction of sp³-hybridized carbons (Fsp3) is 0.0690. The average molecular weight is 657 g/mol. The van der Waals surface area contributed by atoms with E-state index in [1.807, 2.05) is 30.3 Å². The lowest BCUT2D eigenvalue weighted by molar-refractivity contribution is -0.137. The van der Waals surface area contributed by atoms with Gasteiger partial charge in [0.15, 0.2) is 5.82 Å². The largest absolute Gasteiger partial charge is 0.488 e. The Balaban J connectivity index is 1.59. The molecule has 4 aromatic carbocycles. The molecule has 0 saturated carbocycles. The van der Waals surface area contributed by atoms with E-state index in [0.717, 1.165) is 31.3 Å². The maximum absolute atomic E-state index is 13.5. The zero-order valence-corrected chi connectivity index (χ0v) is 23.2. The molecule has 0 unspecified atom stereocenters. The molecule has 1 aromatic heterocycles. The van der Waals surface area contributed by atoms with Crippen LogP contribution in [0.25, 0.3) is 22.3 Å². The first kappa shape index (κ1) is 26.8. The molecule has 0 spiro atoms. The summed E-state index contributed by atoms with van der Waals surface area (Å²) in [5, 5.41) is 4.67. The molecule has 0 radical (unpaired) electrons. The highest BCUT2D eigenvalue weighted by Gasteiger charge is 2.31. The molecule has 1 heterocycles. The van der Waals surface area contributed by atoms with E-state index in [-0.39, 0.29) is 16.8 Å². The molecule has 5 nitrogen and oxygen atoms in total. The molecule has 0 bridgehead atoms. The highest BCUT2D eigenvalue weighted by atomic mass is 79.9. The SMILES string of the molecule is O=c1c2ccccc2nc(-c2cccc(C(F)(F)F)c2)n1N=Cc1cc(Br)ccc1OCc1ccc(Br)cc1. The molecule has 0 aliphatic heterocycles. The summed E-state index contributed by atoms with van der Waals surface area (Å²) in [5.41, 5.74) is 0.584. The zero-order valence-electron chi connectivity index (χ0n) is 20.0. The van der Waals surface area contributed by atoms with Gasteiger partial charge in [-0.2, -0.15) is 22.9 Å². The van der Waals surface area contributed by atoms with E-state index >= 15 is 0 Å². The van der Waals surface area contributed by atoms with Crippen LogP contribution in [-0.2, 0) is 12.8 Å². The Morgan fingerprint density at radius 2 is 1.64 bits per heavy atom. The van der Waals surface area contributed by atoms with Gasteiger partial charge in [0.1, 0.15) is 12.4 Å². The van der Waals surface area contributed by atoms with E-state index in [1.165, 1.54) is 18.3 Å². The van der Waals surface area contributed by atoms with Gasteiger partial charge in [-0.3, -0.25) is 4.79 Å². The number of hydrogen-bond donors (Lipinski definition) is 0. The van der Waals surface area contributed by atoms with Crippen molar-refractivity contribution in [3.63, 3.8) is 0 Å². The maximum Gasteiger partial charge on any atom is 0.416 e. The predicted molar refractivity (Wildman–Crippen MR) is 152 cm³/mol. The smallest absolute Gasteiger partial charge is 0.416 e. The second kappa shape index (κ2) is 11.2. The molecule has 0 atom stereocenters. The Labute approximate surface area is 237 Å². The van der Waals surface area contributed by atoms with Gasteiger partial charge in [0, 0.05) is 20.1 Å². The third-order valence-corrected chi connectivity index (χ3v) is 6.82. The number of ether oxygens (including phenoxy) is 1. The summed E-state index contributed by atoms with van der Waals surface area (Å²) in [4.78, 5) is 18.0. The number of para-hydroxylation sites is 1. The van der Waals surface area contributed by atoms with E-state index in [4.69, 9.17) is 4.74 Å². The van der Waals surface area contributed by atoms with Gasteiger partial charge in [0.05, 0.1) is 22.7 Å². The van der Waals surface area contributed by atoms with Crippen molar-refractivity contribution >= 4 is 49.0 Å². The zero-order chi connectivity index (χ0) is 27.6. The molecule has 0 N–H and O–H groups in total. The number of rotatable bonds is 6. The summed E-state index contributed by atoms with van der Waals surface area (Å²) in [6, 6.07) is 24.3. The van der Waals surface area contributed by atoms with Crippen molar-refractivity contribution in [1.82, 2.24) is 9.66 Å². The number of hydrogen-bond acceptors (Lipinski definition) is 4. The second-order valence-corrected chi connectivity index (χ2v) is 10.3. The van der Waals surface area contributed by atoms with Crippen LogP contribution < -0.4 is 10.3 Å². The minimum Gasteiger partial charge on any atom is -0.488 e. The maximum atomic E-state index is 13.5. The van der Waals surface area contributed by atoms with Crippen LogP contribution in [0.15, 0.2) is 110 Å². The van der Waals surface area contributed by atoms with E-state index in [0.29, 0.717) is 23.4 Å². The van der Waals surface area contributed by atoms with Gasteiger partial charge in [-0.1, -0.05) is 68.3 Å². The molecule has 0 aliphatic carbocycles. The minimum absolute atomic E-state index is 0.0200. The van der Waals surface area contributed by atoms with Gasteiger partial charge in [-0.25, -0.2) is 4.98 Å². The van der Waals surface area contributed by atoms with Crippen LogP contribution in [0.3, 0.4) is 0 Å². The van der Waals surface area contributed by atoms with Crippen LogP contribution in [0.1, 0.15) is 16.7 Å². The van der Waals surface area contributed by atoms with Crippen LogP contribution in [0, 0.1) is 0 Å². The summed E-state index contributed by atoms with van der Waals surface area (Å²) >= 11 is 6.85. The van der Waals surface area contributed by atoms with Crippen molar-refractivity contribution in [3.8, 4) is 17.1 Å². The normalized spacial score (nSPS) is 11.8. The van der Waals surface area contributed by atoms with Gasteiger partial charge < -0.3 is 4.74 Å². The van der Waals surface area contributed by atoms with Crippen molar-refractivity contribution in [2.45, 2.75) is 12.8 Å². The van der Waals surface area contributed by atoms with Crippen LogP contribution in [-0.4, -0.2) is 15.9 Å². The average Bonchev–Trinajstić information content (AvgIpc) is 2.92. The monoisotopic (exact) mass is 655 g/mol. The van der Waals surface area contributed by atoms with Crippen LogP contribution in [0.4, 0.5) is 13.2 Å². The molecule has 39 heavy (non-hydrogen) atoms. The first-order valence-electron chi connectivity index (χ1n) is 11.6. The molecule has 0 fully saturated rings. The van der Waals surface area contributed by atoms with Crippen molar-refractivity contribution in [3.05, 3.63) is 127 Å². The van der Waals surface area contributed by atoms with E-state index in [1.54, 1.807) is 36.4 Å². The second-order valence-electron chi connectivity index (χ2n) is 8.49. The van der Waals surface area contributed by atoms with Gasteiger partial charge in [0.25, 0.3) is 5.56 Å². The molecular formula is C29H18Br2F3N3O2. The third-order valence-electron chi connectivity index (χ3n) is 5.79. The highest BCUT2D eigenvalue weighted by molar-refractivity contribution is 9.10. The molecule has 5 rings (SSSR count). The molecule has 0 amide bonds. The standard InChI is InChI=1S/C29H18Br2F3N3O2/c30-22-10-8-18(9-11-22)17-39-26-13-12-23(31)15-20(26)16-35-37-27(19-4-3-5-21(14-19)29(32,33)34)36-25-7-2-1-6-24(25)28(37)38/h1-16H,17H2. The molecule has 0 saturated heterocycles. The topological polar surface area (TPSA) is 56.5 Å². The third kappa shape index (κ3) is 6.12. The van der Waals surface area contributed by atoms with Crippen LogP contribution in [0.2, 0.25) is 0 Å². The minimum atomic E-state index is -4.56. The lowest BCUT2D eigenvalue weighted by Gasteiger charge is -2.13. The highest BCUT2D eigenvalue weighted by Crippen LogP contribution is 2.32. The first-order chi connectivity index (χ1) is 18.7. The van der Waals surface area contributed by atoms with Crippen molar-refractivity contribution in [1.29, 1.82) is 0 Å². The predicted octanol–water partition coefficient (Wildman–Crippen LogP) is 8.07. The number of nitrogens with zero attached hydrogens (tertiary/aromatic N) is 3. The first-order valence-corrected chi connectivity index (χ1v) is 13.2. The number of halogens is 5. The molecule has 5 aromatic rings. The van der Waals surface area contributed by atoms with Crippen molar-refractivity contribution < 1.29 is 17.9 Å². The lowest BCUT2D eigenvalue weighted by Crippen LogP contribution is -2.20. The van der Waals surface area contributed by atoms with Crippen LogP contribution in [0.5, 0.6) is 5.75 Å². The molecular weight excluding hydrogens is 639 g/mol. The summed E-state index contributed by atoms with van der Waals surface area (Å²) < 4.78 is 49.1. The molecule has 0 aliphatic rings. The Morgan fingerprint density at radius 3 is 2.41 bits per heavy atom. The number of fused-ring (bicyclic) bond motifs is 1. The van der Waals surface area contributed by atoms with Gasteiger partial charge >= 0.3 is 6.18 Å². The Morgan fingerprint density at radius 1 is 0.897 bits per heavy atom. The lowest BCUT2D eigenvalue weighted by atomic mass is 10.1. The quantitative estimate of drug-likeness (QED) is 0.174. The number of aromatic nitrogens is 2. The summed E-state index contributed by atoms with van der Waals surface area (Å²) in [5.74, 6) is 0.487. The fourth-order valence-electron chi connectivity index (χ4n) is 3.87. The van der Waals surface area contributed by atoms with E-state index in [9.17, 15) is 18.0 Å². The molecule has 10 heteroatoms. The fourth-order valence-corrected chi connectivity index (χ4v) is 4.51. The number of alkyl halides is 3. The van der Waals surface area contributed by atoms with Gasteiger partial charge in [-0.15, -0.1) is 0 Å². The van der Waals surface area contributed by atoms with E-state index in [2.05, 4.69) is 41.9 Å². The van der Waals surface area contributed by atoms with Gasteiger partial charge in [0.2, 0.25) is 0 Å². The Bertz CT molecular complexity index is 1750. The number of benzene rings is 4. The molecule has 196 valence electrons.